The quantitative estimate of drug-likeness (QED) is 0.413. The van der Waals surface area contributed by atoms with E-state index in [-0.39, 0.29) is 5.95 Å². The first-order valence-corrected chi connectivity index (χ1v) is 7.95. The summed E-state index contributed by atoms with van der Waals surface area (Å²) in [5.41, 5.74) is 4.94. The van der Waals surface area contributed by atoms with Crippen molar-refractivity contribution in [3.8, 4) is 0 Å². The highest BCUT2D eigenvalue weighted by atomic mass is 15.3. The van der Waals surface area contributed by atoms with Crippen LogP contribution in [0.3, 0.4) is 0 Å². The molecule has 0 aliphatic rings. The van der Waals surface area contributed by atoms with E-state index >= 15 is 0 Å². The number of aliphatic imine (C=N–C) groups is 1. The van der Waals surface area contributed by atoms with Crippen molar-refractivity contribution in [2.24, 2.45) is 15.2 Å². The minimum atomic E-state index is 0.200. The third-order valence-electron chi connectivity index (χ3n) is 3.89. The van der Waals surface area contributed by atoms with Crippen molar-refractivity contribution in [2.45, 2.75) is 27.2 Å². The molecule has 0 fully saturated rings. The van der Waals surface area contributed by atoms with E-state index in [1.807, 2.05) is 51.1 Å². The van der Waals surface area contributed by atoms with Crippen LogP contribution in [0.15, 0.2) is 57.0 Å². The number of fused-ring (bicyclic) bond motifs is 3. The van der Waals surface area contributed by atoms with Crippen LogP contribution in [-0.2, 0) is 0 Å². The molecule has 1 aromatic carbocycles. The van der Waals surface area contributed by atoms with E-state index in [0.29, 0.717) is 17.8 Å². The number of azo groups is 1. The molecule has 3 aromatic rings. The second kappa shape index (κ2) is 7.12. The third kappa shape index (κ3) is 3.35. The number of para-hydroxylation sites is 1. The summed E-state index contributed by atoms with van der Waals surface area (Å²) in [7, 11) is 0. The predicted octanol–water partition coefficient (Wildman–Crippen LogP) is 4.80. The largest absolute Gasteiger partial charge is 0.337 e. The number of nitrogens with zero attached hydrogens (tertiary/aromatic N) is 6. The number of nitrogens with one attached hydrogen (secondary N) is 1. The molecule has 1 N–H and O–H groups in total. The number of rotatable bonds is 5. The lowest BCUT2D eigenvalue weighted by Crippen LogP contribution is -1.87. The van der Waals surface area contributed by atoms with Crippen molar-refractivity contribution in [3.05, 3.63) is 47.3 Å². The molecule has 0 radical (unpaired) electrons. The summed E-state index contributed by atoms with van der Waals surface area (Å²) >= 11 is 0. The van der Waals surface area contributed by atoms with Crippen LogP contribution in [0.2, 0.25) is 0 Å². The van der Waals surface area contributed by atoms with Crippen LogP contribution in [-0.4, -0.2) is 26.9 Å². The molecule has 0 atom stereocenters. The topological polar surface area (TPSA) is 91.5 Å². The summed E-state index contributed by atoms with van der Waals surface area (Å²) in [4.78, 5) is 11.7. The summed E-state index contributed by atoms with van der Waals surface area (Å²) < 4.78 is 0. The number of benzene rings is 1. The van der Waals surface area contributed by atoms with Crippen molar-refractivity contribution >= 4 is 34.7 Å². The first-order valence-electron chi connectivity index (χ1n) is 7.95. The van der Waals surface area contributed by atoms with Gasteiger partial charge in [-0.2, -0.15) is 10.1 Å². The van der Waals surface area contributed by atoms with E-state index in [9.17, 15) is 0 Å². The van der Waals surface area contributed by atoms with E-state index < -0.39 is 0 Å². The van der Waals surface area contributed by atoms with Gasteiger partial charge >= 0.3 is 0 Å². The van der Waals surface area contributed by atoms with E-state index in [0.717, 1.165) is 27.7 Å². The minimum Gasteiger partial charge on any atom is -0.337 e. The standard InChI is InChI=1S/C18H19N7/c1-5-6-10-14(19-4)12(3)22-24-18-21-17-16(23-25-18)13-9-7-8-11(2)15(13)20-17/h5-9H,4,10H2,1-3H3,(H,20,21,25)/b6-5?,14-12+,24-22?. The van der Waals surface area contributed by atoms with Crippen LogP contribution >= 0.6 is 0 Å². The molecule has 25 heavy (non-hydrogen) atoms. The van der Waals surface area contributed by atoms with Crippen LogP contribution in [0.1, 0.15) is 25.8 Å². The Bertz CT molecular complexity index is 1020. The molecule has 2 aromatic heterocycles. The van der Waals surface area contributed by atoms with E-state index in [2.05, 4.69) is 42.1 Å². The second-order valence-electron chi connectivity index (χ2n) is 5.59. The summed E-state index contributed by atoms with van der Waals surface area (Å²) in [5.74, 6) is 0.200. The van der Waals surface area contributed by atoms with Gasteiger partial charge in [0.2, 0.25) is 0 Å². The number of hydrogen-bond acceptors (Lipinski definition) is 6. The smallest absolute Gasteiger partial charge is 0.289 e. The van der Waals surface area contributed by atoms with Crippen molar-refractivity contribution < 1.29 is 0 Å². The zero-order valence-corrected chi connectivity index (χ0v) is 14.5. The fourth-order valence-corrected chi connectivity index (χ4v) is 2.51. The normalized spacial score (nSPS) is 13.2. The number of aryl methyl sites for hydroxylation is 1. The van der Waals surface area contributed by atoms with Gasteiger partial charge in [-0.15, -0.1) is 15.3 Å². The van der Waals surface area contributed by atoms with Crippen LogP contribution in [0.4, 0.5) is 5.95 Å². The van der Waals surface area contributed by atoms with Gasteiger partial charge in [-0.1, -0.05) is 30.4 Å². The number of allylic oxidation sites excluding steroid dienone is 3. The van der Waals surface area contributed by atoms with Crippen molar-refractivity contribution in [1.29, 1.82) is 0 Å². The zero-order chi connectivity index (χ0) is 17.8. The van der Waals surface area contributed by atoms with Gasteiger partial charge in [0.1, 0.15) is 5.52 Å². The molecule has 2 heterocycles. The molecule has 3 rings (SSSR count). The van der Waals surface area contributed by atoms with Gasteiger partial charge in [0, 0.05) is 11.8 Å². The molecule has 0 spiro atoms. The third-order valence-corrected chi connectivity index (χ3v) is 3.89. The summed E-state index contributed by atoms with van der Waals surface area (Å²) in [5, 5.41) is 17.5. The Kier molecular flexibility index (Phi) is 4.74. The number of hydrogen-bond donors (Lipinski definition) is 1. The second-order valence-corrected chi connectivity index (χ2v) is 5.59. The highest BCUT2D eigenvalue weighted by Gasteiger charge is 2.10. The fourth-order valence-electron chi connectivity index (χ4n) is 2.51. The SMILES string of the molecule is C=N/C(CC=CC)=C(\C)N=Nc1nnc2c(n1)[nH]c1c(C)cccc12. The summed E-state index contributed by atoms with van der Waals surface area (Å²) in [6, 6.07) is 6.02. The Morgan fingerprint density at radius 1 is 1.32 bits per heavy atom. The van der Waals surface area contributed by atoms with Crippen molar-refractivity contribution in [1.82, 2.24) is 20.2 Å². The maximum Gasteiger partial charge on any atom is 0.289 e. The molecule has 7 nitrogen and oxygen atoms in total. The maximum absolute atomic E-state index is 4.40. The average Bonchev–Trinajstić information content (AvgIpc) is 3.00. The summed E-state index contributed by atoms with van der Waals surface area (Å²) in [6.45, 7) is 9.39. The first kappa shape index (κ1) is 16.6. The summed E-state index contributed by atoms with van der Waals surface area (Å²) in [6.07, 6.45) is 4.60. The van der Waals surface area contributed by atoms with Gasteiger partial charge in [-0.25, -0.2) is 0 Å². The van der Waals surface area contributed by atoms with Gasteiger partial charge in [0.25, 0.3) is 5.95 Å². The van der Waals surface area contributed by atoms with Gasteiger partial charge in [-0.3, -0.25) is 4.99 Å². The van der Waals surface area contributed by atoms with Crippen molar-refractivity contribution in [2.75, 3.05) is 0 Å². The van der Waals surface area contributed by atoms with Gasteiger partial charge in [-0.05, 0) is 33.1 Å². The molecule has 0 saturated heterocycles. The molecule has 0 amide bonds. The highest BCUT2D eigenvalue weighted by Crippen LogP contribution is 2.25. The van der Waals surface area contributed by atoms with E-state index in [4.69, 9.17) is 0 Å². The molecule has 0 bridgehead atoms. The Morgan fingerprint density at radius 2 is 2.16 bits per heavy atom. The lowest BCUT2D eigenvalue weighted by atomic mass is 10.1. The first-order chi connectivity index (χ1) is 12.1. The van der Waals surface area contributed by atoms with Gasteiger partial charge < -0.3 is 4.98 Å². The molecule has 126 valence electrons. The number of aromatic nitrogens is 4. The van der Waals surface area contributed by atoms with Crippen molar-refractivity contribution in [3.63, 3.8) is 0 Å². The molecule has 0 saturated carbocycles. The predicted molar refractivity (Wildman–Crippen MR) is 100 cm³/mol. The Morgan fingerprint density at radius 3 is 2.92 bits per heavy atom. The Labute approximate surface area is 145 Å². The Balaban J connectivity index is 1.97. The zero-order valence-electron chi connectivity index (χ0n) is 14.5. The van der Waals surface area contributed by atoms with E-state index in [1.165, 1.54) is 0 Å². The molecular weight excluding hydrogens is 314 g/mol. The van der Waals surface area contributed by atoms with Crippen LogP contribution < -0.4 is 0 Å². The Hall–Kier alpha value is -3.22. The molecule has 0 aliphatic carbocycles. The lowest BCUT2D eigenvalue weighted by molar-refractivity contribution is 0.950. The van der Waals surface area contributed by atoms with Gasteiger partial charge in [0.05, 0.1) is 16.9 Å². The molecule has 0 unspecified atom stereocenters. The fraction of sp³-hybridized carbons (Fsp3) is 0.222. The highest BCUT2D eigenvalue weighted by molar-refractivity contribution is 6.04. The number of H-pyrrole nitrogens is 1. The van der Waals surface area contributed by atoms with E-state index in [1.54, 1.807) is 0 Å². The maximum atomic E-state index is 4.40. The number of aromatic amines is 1. The van der Waals surface area contributed by atoms with Crippen LogP contribution in [0, 0.1) is 6.92 Å². The minimum absolute atomic E-state index is 0.200. The monoisotopic (exact) mass is 333 g/mol. The average molecular weight is 333 g/mol. The molecule has 7 heteroatoms. The molecule has 0 aliphatic heterocycles. The van der Waals surface area contributed by atoms with Crippen LogP contribution in [0.5, 0.6) is 0 Å². The lowest BCUT2D eigenvalue weighted by Gasteiger charge is -1.98. The molecular formula is C18H19N7. The van der Waals surface area contributed by atoms with Gasteiger partial charge in [0.15, 0.2) is 5.65 Å². The van der Waals surface area contributed by atoms with Crippen LogP contribution in [0.25, 0.3) is 22.1 Å².